The van der Waals surface area contributed by atoms with E-state index in [4.69, 9.17) is 12.2 Å². The number of nitrogens with one attached hydrogen (secondary N) is 1. The molecule has 1 atom stereocenters. The summed E-state index contributed by atoms with van der Waals surface area (Å²) < 4.78 is 2.62. The summed E-state index contributed by atoms with van der Waals surface area (Å²) in [5.74, 6) is 0.957. The van der Waals surface area contributed by atoms with E-state index in [1.165, 1.54) is 6.42 Å². The summed E-state index contributed by atoms with van der Waals surface area (Å²) in [6, 6.07) is 0.680. The number of rotatable bonds is 3. The molecule has 0 aromatic carbocycles. The molecule has 1 aliphatic heterocycles. The Morgan fingerprint density at radius 3 is 2.47 bits per heavy atom. The quantitative estimate of drug-likeness (QED) is 0.829. The minimum absolute atomic E-state index is 0.680. The molecule has 1 aromatic rings. The van der Waals surface area contributed by atoms with Gasteiger partial charge in [-0.2, -0.15) is 0 Å². The number of H-pyrrole nitrogens is 1. The van der Waals surface area contributed by atoms with Crippen molar-refractivity contribution in [2.45, 2.75) is 26.3 Å². The van der Waals surface area contributed by atoms with Crippen LogP contribution in [-0.4, -0.2) is 51.9 Å². The third kappa shape index (κ3) is 2.52. The topological polar surface area (TPSA) is 40.1 Å². The lowest BCUT2D eigenvalue weighted by Gasteiger charge is -2.37. The zero-order valence-electron chi connectivity index (χ0n) is 10.8. The highest BCUT2D eigenvalue weighted by atomic mass is 32.1. The van der Waals surface area contributed by atoms with Crippen LogP contribution < -0.4 is 4.90 Å². The van der Waals surface area contributed by atoms with Gasteiger partial charge in [-0.05, 0) is 25.6 Å². The number of aromatic amines is 1. The summed E-state index contributed by atoms with van der Waals surface area (Å²) in [5.41, 5.74) is 0. The fourth-order valence-electron chi connectivity index (χ4n) is 2.24. The van der Waals surface area contributed by atoms with Gasteiger partial charge in [0.25, 0.3) is 0 Å². The van der Waals surface area contributed by atoms with Crippen LogP contribution in [0.5, 0.6) is 0 Å². The van der Waals surface area contributed by atoms with Gasteiger partial charge in [-0.25, -0.2) is 5.10 Å². The molecule has 0 radical (unpaired) electrons. The normalized spacial score (nSPS) is 19.6. The predicted molar refractivity (Wildman–Crippen MR) is 71.9 cm³/mol. The van der Waals surface area contributed by atoms with Crippen LogP contribution in [0.2, 0.25) is 0 Å². The monoisotopic (exact) mass is 255 g/mol. The first-order valence-electron chi connectivity index (χ1n) is 6.24. The molecule has 0 saturated carbocycles. The molecule has 1 N–H and O–H groups in total. The van der Waals surface area contributed by atoms with Gasteiger partial charge >= 0.3 is 0 Å². The van der Waals surface area contributed by atoms with Crippen molar-refractivity contribution >= 4 is 18.2 Å². The summed E-state index contributed by atoms with van der Waals surface area (Å²) in [4.78, 5) is 4.84. The van der Waals surface area contributed by atoms with Crippen molar-refractivity contribution in [2.75, 3.05) is 31.1 Å². The Morgan fingerprint density at radius 1 is 1.35 bits per heavy atom. The second kappa shape index (κ2) is 5.18. The highest BCUT2D eigenvalue weighted by molar-refractivity contribution is 7.71. The largest absolute Gasteiger partial charge is 0.338 e. The van der Waals surface area contributed by atoms with E-state index in [0.717, 1.165) is 32.1 Å². The van der Waals surface area contributed by atoms with Crippen LogP contribution in [0.1, 0.15) is 20.3 Å². The lowest BCUT2D eigenvalue weighted by molar-refractivity contribution is 0.191. The zero-order chi connectivity index (χ0) is 12.4. The van der Waals surface area contributed by atoms with Crippen LogP contribution in [0, 0.1) is 4.77 Å². The summed E-state index contributed by atoms with van der Waals surface area (Å²) in [5, 5.41) is 7.12. The molecule has 1 aromatic heterocycles. The van der Waals surface area contributed by atoms with E-state index in [1.54, 1.807) is 0 Å². The van der Waals surface area contributed by atoms with E-state index >= 15 is 0 Å². The van der Waals surface area contributed by atoms with Gasteiger partial charge in [0.15, 0.2) is 4.77 Å². The smallest absolute Gasteiger partial charge is 0.225 e. The first-order valence-corrected chi connectivity index (χ1v) is 6.64. The van der Waals surface area contributed by atoms with Gasteiger partial charge in [-0.15, -0.1) is 5.10 Å². The van der Waals surface area contributed by atoms with Gasteiger partial charge in [-0.3, -0.25) is 9.47 Å². The summed E-state index contributed by atoms with van der Waals surface area (Å²) in [7, 11) is 1.96. The number of hydrogen-bond acceptors (Lipinski definition) is 4. The fraction of sp³-hybridized carbons (Fsp3) is 0.818. The molecule has 0 bridgehead atoms. The number of hydrogen-bond donors (Lipinski definition) is 1. The van der Waals surface area contributed by atoms with Gasteiger partial charge in [0.1, 0.15) is 0 Å². The molecule has 0 aliphatic carbocycles. The maximum absolute atomic E-state index is 5.13. The fourth-order valence-corrected chi connectivity index (χ4v) is 2.37. The minimum atomic E-state index is 0.680. The molecule has 2 heterocycles. The van der Waals surface area contributed by atoms with Crippen LogP contribution in [0.25, 0.3) is 0 Å². The second-order valence-electron chi connectivity index (χ2n) is 4.67. The maximum Gasteiger partial charge on any atom is 0.225 e. The molecular weight excluding hydrogens is 234 g/mol. The molecule has 1 fully saturated rings. The Balaban J connectivity index is 2.00. The summed E-state index contributed by atoms with van der Waals surface area (Å²) in [6.07, 6.45) is 1.21. The third-order valence-electron chi connectivity index (χ3n) is 3.67. The van der Waals surface area contributed by atoms with Crippen LogP contribution in [0.15, 0.2) is 0 Å². The molecule has 0 spiro atoms. The first kappa shape index (κ1) is 12.6. The molecule has 2 rings (SSSR count). The van der Waals surface area contributed by atoms with E-state index in [1.807, 2.05) is 11.6 Å². The first-order chi connectivity index (χ1) is 8.13. The summed E-state index contributed by atoms with van der Waals surface area (Å²) in [6.45, 7) is 8.80. The standard InChI is InChI=1S/C11H21N5S/c1-4-9(2)15-5-7-16(8-6-15)10-12-13-11(17)14(10)3/h9H,4-8H2,1-3H3,(H,13,17). The van der Waals surface area contributed by atoms with Crippen molar-refractivity contribution in [3.05, 3.63) is 4.77 Å². The number of piperazine rings is 1. The second-order valence-corrected chi connectivity index (χ2v) is 5.05. The summed E-state index contributed by atoms with van der Waals surface area (Å²) >= 11 is 5.13. The van der Waals surface area contributed by atoms with E-state index < -0.39 is 0 Å². The van der Waals surface area contributed by atoms with E-state index in [0.29, 0.717) is 10.8 Å². The lowest BCUT2D eigenvalue weighted by atomic mass is 10.2. The van der Waals surface area contributed by atoms with Crippen molar-refractivity contribution < 1.29 is 0 Å². The average Bonchev–Trinajstić information content (AvgIpc) is 2.69. The van der Waals surface area contributed by atoms with Gasteiger partial charge in [0.05, 0.1) is 0 Å². The molecule has 5 nitrogen and oxygen atoms in total. The van der Waals surface area contributed by atoms with Gasteiger partial charge in [-0.1, -0.05) is 6.92 Å². The van der Waals surface area contributed by atoms with Crippen LogP contribution >= 0.6 is 12.2 Å². The SMILES string of the molecule is CCC(C)N1CCN(c2n[nH]c(=S)n2C)CC1. The van der Waals surface area contributed by atoms with Gasteiger partial charge in [0.2, 0.25) is 5.95 Å². The Hall–Kier alpha value is -0.880. The van der Waals surface area contributed by atoms with E-state index in [-0.39, 0.29) is 0 Å². The molecule has 6 heteroatoms. The van der Waals surface area contributed by atoms with Crippen LogP contribution in [-0.2, 0) is 7.05 Å². The van der Waals surface area contributed by atoms with Crippen LogP contribution in [0.3, 0.4) is 0 Å². The van der Waals surface area contributed by atoms with Gasteiger partial charge < -0.3 is 4.90 Å². The lowest BCUT2D eigenvalue weighted by Crippen LogP contribution is -2.50. The van der Waals surface area contributed by atoms with Crippen molar-refractivity contribution in [3.8, 4) is 0 Å². The van der Waals surface area contributed by atoms with Crippen molar-refractivity contribution in [1.82, 2.24) is 19.7 Å². The Kier molecular flexibility index (Phi) is 3.83. The van der Waals surface area contributed by atoms with E-state index in [9.17, 15) is 0 Å². The predicted octanol–water partition coefficient (Wildman–Crippen LogP) is 1.40. The number of aromatic nitrogens is 3. The molecule has 1 aliphatic rings. The van der Waals surface area contributed by atoms with Crippen molar-refractivity contribution in [1.29, 1.82) is 0 Å². The number of nitrogens with zero attached hydrogens (tertiary/aromatic N) is 4. The van der Waals surface area contributed by atoms with E-state index in [2.05, 4.69) is 33.8 Å². The van der Waals surface area contributed by atoms with Crippen LogP contribution in [0.4, 0.5) is 5.95 Å². The average molecular weight is 255 g/mol. The minimum Gasteiger partial charge on any atom is -0.338 e. The molecule has 17 heavy (non-hydrogen) atoms. The molecule has 0 amide bonds. The van der Waals surface area contributed by atoms with Gasteiger partial charge in [0, 0.05) is 39.3 Å². The van der Waals surface area contributed by atoms with Crippen molar-refractivity contribution in [3.63, 3.8) is 0 Å². The molecular formula is C11H21N5S. The molecule has 1 saturated heterocycles. The highest BCUT2D eigenvalue weighted by Gasteiger charge is 2.22. The third-order valence-corrected chi connectivity index (χ3v) is 4.03. The maximum atomic E-state index is 5.13. The Morgan fingerprint density at radius 2 is 2.00 bits per heavy atom. The number of anilines is 1. The zero-order valence-corrected chi connectivity index (χ0v) is 11.6. The molecule has 96 valence electrons. The molecule has 1 unspecified atom stereocenters. The van der Waals surface area contributed by atoms with Crippen molar-refractivity contribution in [2.24, 2.45) is 7.05 Å². The Labute approximate surface area is 107 Å². The Bertz CT molecular complexity index is 416. The highest BCUT2D eigenvalue weighted by Crippen LogP contribution is 2.14.